The third kappa shape index (κ3) is 5.07. The fourth-order valence-corrected chi connectivity index (χ4v) is 1.93. The molecule has 0 atom stereocenters. The number of oxime groups is 1. The summed E-state index contributed by atoms with van der Waals surface area (Å²) in [6.07, 6.45) is 1.57. The maximum atomic E-state index is 11.8. The Balaban J connectivity index is 1.85. The summed E-state index contributed by atoms with van der Waals surface area (Å²) in [6, 6.07) is 14.5. The first-order valence-corrected chi connectivity index (χ1v) is 7.18. The molecular weight excluding hydrogens is 292 g/mol. The number of anilines is 1. The first kappa shape index (κ1) is 16.4. The Morgan fingerprint density at radius 3 is 2.70 bits per heavy atom. The Bertz CT molecular complexity index is 739. The van der Waals surface area contributed by atoms with Crippen molar-refractivity contribution < 1.29 is 14.4 Å². The lowest BCUT2D eigenvalue weighted by Crippen LogP contribution is -2.17. The highest BCUT2D eigenvalue weighted by Gasteiger charge is 2.05. The van der Waals surface area contributed by atoms with Gasteiger partial charge in [-0.1, -0.05) is 41.6 Å². The van der Waals surface area contributed by atoms with E-state index in [1.165, 1.54) is 6.92 Å². The van der Waals surface area contributed by atoms with Gasteiger partial charge in [0, 0.05) is 11.3 Å². The van der Waals surface area contributed by atoms with Gasteiger partial charge in [-0.25, -0.2) is 0 Å². The first-order valence-electron chi connectivity index (χ1n) is 7.18. The molecule has 0 heterocycles. The summed E-state index contributed by atoms with van der Waals surface area (Å²) >= 11 is 0. The molecule has 0 spiro atoms. The van der Waals surface area contributed by atoms with Gasteiger partial charge < -0.3 is 10.2 Å². The topological polar surface area (TPSA) is 67.8 Å². The van der Waals surface area contributed by atoms with E-state index >= 15 is 0 Å². The van der Waals surface area contributed by atoms with Crippen LogP contribution in [0.3, 0.4) is 0 Å². The minimum Gasteiger partial charge on any atom is -0.386 e. The van der Waals surface area contributed by atoms with E-state index in [-0.39, 0.29) is 18.3 Å². The van der Waals surface area contributed by atoms with Crippen LogP contribution >= 0.6 is 0 Å². The zero-order valence-electron chi connectivity index (χ0n) is 13.1. The SMILES string of the molecule is CC(=O)c1cccc(NC(=O)CO/N=C/c2ccccc2C)c1. The number of nitrogens with one attached hydrogen (secondary N) is 1. The van der Waals surface area contributed by atoms with Gasteiger partial charge in [0.2, 0.25) is 0 Å². The van der Waals surface area contributed by atoms with Gasteiger partial charge in [0.25, 0.3) is 5.91 Å². The number of benzene rings is 2. The van der Waals surface area contributed by atoms with Crippen LogP contribution < -0.4 is 5.32 Å². The van der Waals surface area contributed by atoms with E-state index in [0.717, 1.165) is 11.1 Å². The number of rotatable bonds is 6. The molecule has 0 radical (unpaired) electrons. The molecule has 2 aromatic carbocycles. The van der Waals surface area contributed by atoms with Crippen molar-refractivity contribution in [2.45, 2.75) is 13.8 Å². The molecule has 5 nitrogen and oxygen atoms in total. The van der Waals surface area contributed by atoms with Gasteiger partial charge in [0.1, 0.15) is 0 Å². The Labute approximate surface area is 135 Å². The predicted molar refractivity (Wildman–Crippen MR) is 89.8 cm³/mol. The summed E-state index contributed by atoms with van der Waals surface area (Å²) in [5.74, 6) is -0.396. The molecule has 0 saturated heterocycles. The minimum absolute atomic E-state index is 0.0554. The lowest BCUT2D eigenvalue weighted by Gasteiger charge is -2.05. The summed E-state index contributed by atoms with van der Waals surface area (Å²) in [7, 11) is 0. The van der Waals surface area contributed by atoms with E-state index in [2.05, 4.69) is 10.5 Å². The van der Waals surface area contributed by atoms with Crippen LogP contribution in [0.15, 0.2) is 53.7 Å². The van der Waals surface area contributed by atoms with E-state index in [1.807, 2.05) is 31.2 Å². The second kappa shape index (κ2) is 7.89. The molecule has 1 amide bonds. The molecular formula is C18H18N2O3. The fourth-order valence-electron chi connectivity index (χ4n) is 1.93. The molecule has 5 heteroatoms. The molecule has 1 N–H and O–H groups in total. The van der Waals surface area contributed by atoms with Crippen molar-refractivity contribution in [3.8, 4) is 0 Å². The maximum absolute atomic E-state index is 11.8. The van der Waals surface area contributed by atoms with Crippen molar-refractivity contribution >= 4 is 23.6 Å². The van der Waals surface area contributed by atoms with Crippen molar-refractivity contribution in [1.29, 1.82) is 0 Å². The molecule has 118 valence electrons. The lowest BCUT2D eigenvalue weighted by molar-refractivity contribution is -0.120. The number of amides is 1. The summed E-state index contributed by atoms with van der Waals surface area (Å²) in [5, 5.41) is 6.45. The Kier molecular flexibility index (Phi) is 5.63. The first-order chi connectivity index (χ1) is 11.1. The number of nitrogens with zero attached hydrogens (tertiary/aromatic N) is 1. The highest BCUT2D eigenvalue weighted by atomic mass is 16.6. The van der Waals surface area contributed by atoms with E-state index in [4.69, 9.17) is 4.84 Å². The Morgan fingerprint density at radius 2 is 1.96 bits per heavy atom. The number of carbonyl (C=O) groups is 2. The van der Waals surface area contributed by atoms with Crippen LogP contribution in [-0.4, -0.2) is 24.5 Å². The van der Waals surface area contributed by atoms with Crippen LogP contribution in [0.2, 0.25) is 0 Å². The van der Waals surface area contributed by atoms with Crippen molar-refractivity contribution in [1.82, 2.24) is 0 Å². The van der Waals surface area contributed by atoms with Crippen LogP contribution in [0.5, 0.6) is 0 Å². The predicted octanol–water partition coefficient (Wildman–Crippen LogP) is 3.19. The zero-order valence-corrected chi connectivity index (χ0v) is 13.1. The van der Waals surface area contributed by atoms with Gasteiger partial charge in [-0.3, -0.25) is 9.59 Å². The highest BCUT2D eigenvalue weighted by Crippen LogP contribution is 2.11. The normalized spacial score (nSPS) is 10.5. The molecule has 0 aromatic heterocycles. The molecule has 0 bridgehead atoms. The second-order valence-corrected chi connectivity index (χ2v) is 5.05. The standard InChI is InChI=1S/C18H18N2O3/c1-13-6-3-4-7-16(13)11-19-23-12-18(22)20-17-9-5-8-15(10-17)14(2)21/h3-11H,12H2,1-2H3,(H,20,22)/b19-11+. The third-order valence-electron chi connectivity index (χ3n) is 3.20. The minimum atomic E-state index is -0.340. The fraction of sp³-hybridized carbons (Fsp3) is 0.167. The maximum Gasteiger partial charge on any atom is 0.265 e. The molecule has 2 aromatic rings. The number of hydrogen-bond donors (Lipinski definition) is 1. The molecule has 0 aliphatic rings. The number of carbonyl (C=O) groups excluding carboxylic acids is 2. The van der Waals surface area contributed by atoms with E-state index in [0.29, 0.717) is 11.3 Å². The van der Waals surface area contributed by atoms with E-state index in [1.54, 1.807) is 30.5 Å². The molecule has 0 unspecified atom stereocenters. The zero-order chi connectivity index (χ0) is 16.7. The summed E-state index contributed by atoms with van der Waals surface area (Å²) < 4.78 is 0. The van der Waals surface area contributed by atoms with Gasteiger partial charge in [-0.15, -0.1) is 0 Å². The van der Waals surface area contributed by atoms with E-state index < -0.39 is 0 Å². The van der Waals surface area contributed by atoms with Crippen LogP contribution in [0.1, 0.15) is 28.4 Å². The van der Waals surface area contributed by atoms with Crippen LogP contribution in [0.4, 0.5) is 5.69 Å². The Hall–Kier alpha value is -2.95. The summed E-state index contributed by atoms with van der Waals surface area (Å²) in [4.78, 5) is 28.1. The van der Waals surface area contributed by atoms with Gasteiger partial charge >= 0.3 is 0 Å². The third-order valence-corrected chi connectivity index (χ3v) is 3.20. The summed E-state index contributed by atoms with van der Waals surface area (Å²) in [5.41, 5.74) is 3.10. The smallest absolute Gasteiger partial charge is 0.265 e. The van der Waals surface area contributed by atoms with Gasteiger partial charge in [0.15, 0.2) is 12.4 Å². The van der Waals surface area contributed by atoms with Crippen LogP contribution in [0, 0.1) is 6.92 Å². The average Bonchev–Trinajstić information content (AvgIpc) is 2.53. The molecule has 0 saturated carbocycles. The van der Waals surface area contributed by atoms with E-state index in [9.17, 15) is 9.59 Å². The van der Waals surface area contributed by atoms with Crippen molar-refractivity contribution in [2.75, 3.05) is 11.9 Å². The Morgan fingerprint density at radius 1 is 1.17 bits per heavy atom. The quantitative estimate of drug-likeness (QED) is 0.506. The van der Waals surface area contributed by atoms with Crippen LogP contribution in [0.25, 0.3) is 0 Å². The average molecular weight is 310 g/mol. The van der Waals surface area contributed by atoms with Crippen molar-refractivity contribution in [3.05, 3.63) is 65.2 Å². The molecule has 2 rings (SSSR count). The van der Waals surface area contributed by atoms with Crippen LogP contribution in [-0.2, 0) is 9.63 Å². The van der Waals surface area contributed by atoms with Crippen molar-refractivity contribution in [3.63, 3.8) is 0 Å². The molecule has 0 aliphatic carbocycles. The number of ketones is 1. The lowest BCUT2D eigenvalue weighted by atomic mass is 10.1. The number of Topliss-reactive ketones (excluding diaryl/α,β-unsaturated/α-hetero) is 1. The molecule has 0 aliphatic heterocycles. The highest BCUT2D eigenvalue weighted by molar-refractivity contribution is 5.97. The van der Waals surface area contributed by atoms with Gasteiger partial charge in [0.05, 0.1) is 6.21 Å². The largest absolute Gasteiger partial charge is 0.386 e. The van der Waals surface area contributed by atoms with Gasteiger partial charge in [-0.05, 0) is 37.1 Å². The molecule has 0 fully saturated rings. The van der Waals surface area contributed by atoms with Gasteiger partial charge in [-0.2, -0.15) is 0 Å². The summed E-state index contributed by atoms with van der Waals surface area (Å²) in [6.45, 7) is 3.24. The molecule has 23 heavy (non-hydrogen) atoms. The number of aryl methyl sites for hydroxylation is 1. The monoisotopic (exact) mass is 310 g/mol. The second-order valence-electron chi connectivity index (χ2n) is 5.05. The van der Waals surface area contributed by atoms with Crippen molar-refractivity contribution in [2.24, 2.45) is 5.16 Å². The number of hydrogen-bond acceptors (Lipinski definition) is 4.